The predicted octanol–water partition coefficient (Wildman–Crippen LogP) is 1.32. The molecule has 0 radical (unpaired) electrons. The molecule has 174 valence electrons. The van der Waals surface area contributed by atoms with Gasteiger partial charge in [0.15, 0.2) is 11.5 Å². The van der Waals surface area contributed by atoms with Crippen molar-refractivity contribution in [3.63, 3.8) is 0 Å². The van der Waals surface area contributed by atoms with Crippen molar-refractivity contribution in [2.45, 2.75) is 31.6 Å². The maximum Gasteiger partial charge on any atom is 0.162 e. The summed E-state index contributed by atoms with van der Waals surface area (Å²) in [5, 5.41) is 22.8. The number of imidazole rings is 1. The highest BCUT2D eigenvalue weighted by Crippen LogP contribution is 2.23. The summed E-state index contributed by atoms with van der Waals surface area (Å²) in [6.45, 7) is 4.82. The number of likely N-dealkylation sites (tertiary alicyclic amines) is 1. The third-order valence-electron chi connectivity index (χ3n) is 5.54. The van der Waals surface area contributed by atoms with Crippen LogP contribution in [0, 0.1) is 11.8 Å². The fraction of sp³-hybridized carbons (Fsp3) is 0.417. The molecule has 9 heteroatoms. The highest BCUT2D eigenvalue weighted by molar-refractivity contribution is 5.42. The van der Waals surface area contributed by atoms with Crippen molar-refractivity contribution in [1.29, 1.82) is 0 Å². The van der Waals surface area contributed by atoms with Gasteiger partial charge >= 0.3 is 0 Å². The number of benzene rings is 1. The molecule has 0 aliphatic carbocycles. The summed E-state index contributed by atoms with van der Waals surface area (Å²) < 4.78 is 13.2. The molecule has 1 saturated heterocycles. The highest BCUT2D eigenvalue weighted by Gasteiger charge is 2.27. The average Bonchev–Trinajstić information content (AvgIpc) is 3.46. The molecule has 33 heavy (non-hydrogen) atoms. The third kappa shape index (κ3) is 5.61. The van der Waals surface area contributed by atoms with Crippen molar-refractivity contribution >= 4 is 0 Å². The van der Waals surface area contributed by atoms with Gasteiger partial charge in [-0.1, -0.05) is 11.1 Å². The standard InChI is InChI=1S/C24H29N5O4/c1-17(31)24-26-9-11-29(24)22(14-25)23-13-19(27-33-23)6-3-18-4-7-20(8-5-18)32-21-15-28(16-21)10-2-12-30/h4-5,7-9,11,13,17,21-22,30-31H,2,10,12,14-16,25H2,1H3/t17-,22?/m0/s1. The summed E-state index contributed by atoms with van der Waals surface area (Å²) in [5.41, 5.74) is 7.29. The molecule has 1 aliphatic rings. The lowest BCUT2D eigenvalue weighted by Gasteiger charge is -2.38. The molecule has 2 atom stereocenters. The minimum Gasteiger partial charge on any atom is -0.488 e. The number of hydrogen-bond acceptors (Lipinski definition) is 8. The summed E-state index contributed by atoms with van der Waals surface area (Å²) in [6.07, 6.45) is 3.64. The van der Waals surface area contributed by atoms with Crippen LogP contribution in [0.4, 0.5) is 0 Å². The van der Waals surface area contributed by atoms with Crippen LogP contribution >= 0.6 is 0 Å². The van der Waals surface area contributed by atoms with Crippen molar-refractivity contribution in [3.05, 3.63) is 65.6 Å². The largest absolute Gasteiger partial charge is 0.488 e. The molecule has 3 heterocycles. The van der Waals surface area contributed by atoms with Gasteiger partial charge in [-0.3, -0.25) is 4.90 Å². The predicted molar refractivity (Wildman–Crippen MR) is 122 cm³/mol. The Kier molecular flexibility index (Phi) is 7.42. The molecule has 0 bridgehead atoms. The van der Waals surface area contributed by atoms with Gasteiger partial charge < -0.3 is 29.8 Å². The zero-order chi connectivity index (χ0) is 23.2. The lowest BCUT2D eigenvalue weighted by atomic mass is 10.1. The summed E-state index contributed by atoms with van der Waals surface area (Å²) in [4.78, 5) is 6.45. The third-order valence-corrected chi connectivity index (χ3v) is 5.54. The Labute approximate surface area is 192 Å². The number of nitrogens with two attached hydrogens (primary N) is 1. The number of rotatable bonds is 9. The first-order chi connectivity index (χ1) is 16.1. The normalized spacial score (nSPS) is 16.0. The van der Waals surface area contributed by atoms with E-state index in [1.165, 1.54) is 0 Å². The summed E-state index contributed by atoms with van der Waals surface area (Å²) in [7, 11) is 0. The Morgan fingerprint density at radius 3 is 2.76 bits per heavy atom. The van der Waals surface area contributed by atoms with Crippen LogP contribution < -0.4 is 10.5 Å². The van der Waals surface area contributed by atoms with Crippen LogP contribution in [0.1, 0.15) is 48.3 Å². The van der Waals surface area contributed by atoms with Crippen LogP contribution in [0.3, 0.4) is 0 Å². The highest BCUT2D eigenvalue weighted by atomic mass is 16.5. The Balaban J connectivity index is 1.36. The van der Waals surface area contributed by atoms with Gasteiger partial charge in [0, 0.05) is 56.8 Å². The monoisotopic (exact) mass is 451 g/mol. The fourth-order valence-electron chi connectivity index (χ4n) is 3.80. The van der Waals surface area contributed by atoms with E-state index in [0.29, 0.717) is 17.3 Å². The van der Waals surface area contributed by atoms with E-state index >= 15 is 0 Å². The van der Waals surface area contributed by atoms with E-state index in [4.69, 9.17) is 20.1 Å². The SMILES string of the molecule is C[C@H](O)c1nccn1C(CN)c1cc(C#Cc2ccc(OC3CN(CCCO)C3)cc2)no1. The molecule has 0 spiro atoms. The molecule has 3 aromatic rings. The average molecular weight is 452 g/mol. The zero-order valence-electron chi connectivity index (χ0n) is 18.6. The number of hydrogen-bond donors (Lipinski definition) is 3. The van der Waals surface area contributed by atoms with E-state index in [-0.39, 0.29) is 25.3 Å². The van der Waals surface area contributed by atoms with Crippen LogP contribution in [0.25, 0.3) is 0 Å². The lowest BCUT2D eigenvalue weighted by Crippen LogP contribution is -2.53. The van der Waals surface area contributed by atoms with Gasteiger partial charge in [0.1, 0.15) is 29.8 Å². The molecular formula is C24H29N5O4. The van der Waals surface area contributed by atoms with Crippen molar-refractivity contribution in [1.82, 2.24) is 19.6 Å². The molecule has 2 aromatic heterocycles. The molecule has 4 rings (SSSR count). The van der Waals surface area contributed by atoms with Crippen molar-refractivity contribution in [2.75, 3.05) is 32.8 Å². The van der Waals surface area contributed by atoms with E-state index in [0.717, 1.165) is 37.4 Å². The van der Waals surface area contributed by atoms with Crippen LogP contribution in [0.15, 0.2) is 47.2 Å². The van der Waals surface area contributed by atoms with Crippen molar-refractivity contribution in [2.24, 2.45) is 5.73 Å². The number of aliphatic hydroxyl groups is 2. The Hall–Kier alpha value is -3.16. The zero-order valence-corrected chi connectivity index (χ0v) is 18.6. The molecule has 0 amide bonds. The van der Waals surface area contributed by atoms with Crippen LogP contribution in [0.5, 0.6) is 5.75 Å². The van der Waals surface area contributed by atoms with Gasteiger partial charge in [0.25, 0.3) is 0 Å². The topological polar surface area (TPSA) is 123 Å². The number of aromatic nitrogens is 3. The molecule has 4 N–H and O–H groups in total. The second-order valence-corrected chi connectivity index (χ2v) is 8.09. The van der Waals surface area contributed by atoms with Gasteiger partial charge in [0.2, 0.25) is 0 Å². The maximum atomic E-state index is 9.92. The van der Waals surface area contributed by atoms with E-state index in [9.17, 15) is 5.11 Å². The Morgan fingerprint density at radius 1 is 1.27 bits per heavy atom. The van der Waals surface area contributed by atoms with Crippen LogP contribution in [-0.4, -0.2) is 68.7 Å². The molecule has 0 saturated carbocycles. The second-order valence-electron chi connectivity index (χ2n) is 8.09. The van der Waals surface area contributed by atoms with Gasteiger partial charge in [-0.2, -0.15) is 0 Å². The van der Waals surface area contributed by atoms with Crippen LogP contribution in [-0.2, 0) is 0 Å². The minimum absolute atomic E-state index is 0.189. The molecule has 1 aromatic carbocycles. The Morgan fingerprint density at radius 2 is 2.06 bits per heavy atom. The maximum absolute atomic E-state index is 9.92. The first-order valence-corrected chi connectivity index (χ1v) is 11.1. The van der Waals surface area contributed by atoms with Crippen molar-refractivity contribution in [3.8, 4) is 17.6 Å². The quantitative estimate of drug-likeness (QED) is 0.416. The van der Waals surface area contributed by atoms with E-state index < -0.39 is 6.10 Å². The number of nitrogens with zero attached hydrogens (tertiary/aromatic N) is 4. The van der Waals surface area contributed by atoms with Gasteiger partial charge in [-0.25, -0.2) is 4.98 Å². The summed E-state index contributed by atoms with van der Waals surface area (Å²) in [5.74, 6) is 7.98. The van der Waals surface area contributed by atoms with Crippen LogP contribution in [0.2, 0.25) is 0 Å². The number of aliphatic hydroxyl groups excluding tert-OH is 2. The van der Waals surface area contributed by atoms with E-state index in [2.05, 4.69) is 26.9 Å². The number of ether oxygens (including phenoxy) is 1. The smallest absolute Gasteiger partial charge is 0.162 e. The second kappa shape index (κ2) is 10.6. The molecule has 1 unspecified atom stereocenters. The van der Waals surface area contributed by atoms with Crippen molar-refractivity contribution < 1.29 is 19.5 Å². The molecular weight excluding hydrogens is 422 g/mol. The van der Waals surface area contributed by atoms with Gasteiger partial charge in [-0.05, 0) is 43.5 Å². The molecule has 9 nitrogen and oxygen atoms in total. The van der Waals surface area contributed by atoms with E-state index in [1.54, 1.807) is 30.0 Å². The van der Waals surface area contributed by atoms with Gasteiger partial charge in [-0.15, -0.1) is 0 Å². The fourth-order valence-corrected chi connectivity index (χ4v) is 3.80. The lowest BCUT2D eigenvalue weighted by molar-refractivity contribution is 0.0167. The first kappa shape index (κ1) is 23.0. The Bertz CT molecular complexity index is 1090. The summed E-state index contributed by atoms with van der Waals surface area (Å²) in [6, 6.07) is 9.07. The van der Waals surface area contributed by atoms with E-state index in [1.807, 2.05) is 24.3 Å². The summed E-state index contributed by atoms with van der Waals surface area (Å²) >= 11 is 0. The first-order valence-electron chi connectivity index (χ1n) is 11.1. The van der Waals surface area contributed by atoms with Gasteiger partial charge in [0.05, 0.1) is 0 Å². The minimum atomic E-state index is -0.724. The molecule has 1 aliphatic heterocycles. The molecule has 1 fully saturated rings.